The number of hydrogen-bond donors (Lipinski definition) is 1. The van der Waals surface area contributed by atoms with Gasteiger partial charge in [0.1, 0.15) is 5.52 Å². The van der Waals surface area contributed by atoms with Crippen LogP contribution in [0.4, 0.5) is 4.79 Å². The van der Waals surface area contributed by atoms with Crippen molar-refractivity contribution >= 4 is 11.7 Å². The highest BCUT2D eigenvalue weighted by Gasteiger charge is 2.07. The third-order valence-electron chi connectivity index (χ3n) is 1.59. The minimum absolute atomic E-state index is 0.244. The van der Waals surface area contributed by atoms with E-state index in [-0.39, 0.29) is 5.75 Å². The number of aromatic nitrogens is 2. The van der Waals surface area contributed by atoms with Crippen LogP contribution < -0.4 is 4.74 Å². The van der Waals surface area contributed by atoms with E-state index in [1.54, 1.807) is 24.4 Å². The van der Waals surface area contributed by atoms with Gasteiger partial charge in [-0.2, -0.15) is 5.10 Å². The minimum atomic E-state index is -1.33. The Morgan fingerprint density at radius 2 is 2.38 bits per heavy atom. The molecule has 0 bridgehead atoms. The van der Waals surface area contributed by atoms with Gasteiger partial charge in [0.25, 0.3) is 0 Å². The summed E-state index contributed by atoms with van der Waals surface area (Å²) in [5, 5.41) is 12.3. The van der Waals surface area contributed by atoms with Crippen LogP contribution in [0.15, 0.2) is 30.6 Å². The minimum Gasteiger partial charge on any atom is -0.449 e. The number of hydrogen-bond acceptors (Lipinski definition) is 3. The summed E-state index contributed by atoms with van der Waals surface area (Å²) in [7, 11) is 0. The van der Waals surface area contributed by atoms with Gasteiger partial charge in [-0.15, -0.1) is 0 Å². The van der Waals surface area contributed by atoms with Gasteiger partial charge in [0.2, 0.25) is 0 Å². The molecule has 66 valence electrons. The maximum Gasteiger partial charge on any atom is 0.511 e. The van der Waals surface area contributed by atoms with Crippen LogP contribution in [0.3, 0.4) is 0 Å². The second kappa shape index (κ2) is 2.78. The monoisotopic (exact) mass is 178 g/mol. The number of carbonyl (C=O) groups is 1. The van der Waals surface area contributed by atoms with Crippen LogP contribution in [0.25, 0.3) is 5.52 Å². The average Bonchev–Trinajstić information content (AvgIpc) is 2.48. The Morgan fingerprint density at radius 1 is 1.54 bits per heavy atom. The maximum absolute atomic E-state index is 10.3. The summed E-state index contributed by atoms with van der Waals surface area (Å²) in [6, 6.07) is 5.31. The Morgan fingerprint density at radius 3 is 3.15 bits per heavy atom. The number of ether oxygens (including phenoxy) is 1. The van der Waals surface area contributed by atoms with Gasteiger partial charge in [-0.05, 0) is 12.1 Å². The molecule has 0 atom stereocenters. The van der Waals surface area contributed by atoms with Gasteiger partial charge in [-0.1, -0.05) is 6.07 Å². The zero-order valence-corrected chi connectivity index (χ0v) is 6.54. The molecule has 0 saturated carbocycles. The molecule has 0 aromatic carbocycles. The number of pyridine rings is 1. The molecule has 5 heteroatoms. The van der Waals surface area contributed by atoms with Crippen molar-refractivity contribution in [3.8, 4) is 5.75 Å². The van der Waals surface area contributed by atoms with Crippen molar-refractivity contribution in [2.75, 3.05) is 0 Å². The fourth-order valence-electron chi connectivity index (χ4n) is 1.08. The van der Waals surface area contributed by atoms with Crippen LogP contribution in [0.5, 0.6) is 5.75 Å². The third kappa shape index (κ3) is 1.31. The average molecular weight is 178 g/mol. The molecule has 1 N–H and O–H groups in total. The summed E-state index contributed by atoms with van der Waals surface area (Å²) in [4.78, 5) is 10.3. The van der Waals surface area contributed by atoms with Gasteiger partial charge >= 0.3 is 6.16 Å². The fraction of sp³-hybridized carbons (Fsp3) is 0. The van der Waals surface area contributed by atoms with E-state index in [0.717, 1.165) is 0 Å². The fourth-order valence-corrected chi connectivity index (χ4v) is 1.08. The van der Waals surface area contributed by atoms with Crippen molar-refractivity contribution in [2.45, 2.75) is 0 Å². The first-order valence-electron chi connectivity index (χ1n) is 3.60. The van der Waals surface area contributed by atoms with Crippen molar-refractivity contribution in [3.63, 3.8) is 0 Å². The van der Waals surface area contributed by atoms with Crippen molar-refractivity contribution in [3.05, 3.63) is 30.6 Å². The largest absolute Gasteiger partial charge is 0.511 e. The van der Waals surface area contributed by atoms with E-state index in [2.05, 4.69) is 9.84 Å². The van der Waals surface area contributed by atoms with E-state index in [9.17, 15) is 4.79 Å². The van der Waals surface area contributed by atoms with Crippen molar-refractivity contribution in [1.82, 2.24) is 9.61 Å². The van der Waals surface area contributed by atoms with E-state index in [4.69, 9.17) is 5.11 Å². The van der Waals surface area contributed by atoms with Gasteiger partial charge < -0.3 is 9.84 Å². The lowest BCUT2D eigenvalue weighted by atomic mass is 10.4. The normalized spacial score (nSPS) is 10.2. The standard InChI is InChI=1S/C8H6N2O3/c11-8(12)13-7-5-9-10-4-2-1-3-6(7)10/h1-5H,(H,11,12). The highest BCUT2D eigenvalue weighted by atomic mass is 16.7. The Balaban J connectivity index is 2.51. The second-order valence-electron chi connectivity index (χ2n) is 2.41. The summed E-state index contributed by atoms with van der Waals surface area (Å²) in [6.45, 7) is 0. The van der Waals surface area contributed by atoms with Crippen molar-refractivity contribution in [2.24, 2.45) is 0 Å². The molecule has 0 radical (unpaired) electrons. The molecule has 0 saturated heterocycles. The predicted molar refractivity (Wildman–Crippen MR) is 43.8 cm³/mol. The van der Waals surface area contributed by atoms with Gasteiger partial charge in [-0.3, -0.25) is 0 Å². The second-order valence-corrected chi connectivity index (χ2v) is 2.41. The van der Waals surface area contributed by atoms with Crippen LogP contribution in [0, 0.1) is 0 Å². The third-order valence-corrected chi connectivity index (χ3v) is 1.59. The van der Waals surface area contributed by atoms with Crippen LogP contribution in [-0.2, 0) is 0 Å². The zero-order chi connectivity index (χ0) is 9.26. The molecule has 0 aliphatic carbocycles. The Labute approximate surface area is 73.2 Å². The SMILES string of the molecule is O=C(O)Oc1cnn2ccccc12. The molecule has 0 aliphatic rings. The lowest BCUT2D eigenvalue weighted by molar-refractivity contribution is 0.145. The van der Waals surface area contributed by atoms with Gasteiger partial charge in [0.05, 0.1) is 6.20 Å². The van der Waals surface area contributed by atoms with E-state index < -0.39 is 6.16 Å². The Hall–Kier alpha value is -2.04. The molecule has 0 unspecified atom stereocenters. The van der Waals surface area contributed by atoms with E-state index in [0.29, 0.717) is 5.52 Å². The lowest BCUT2D eigenvalue weighted by Crippen LogP contribution is -2.02. The van der Waals surface area contributed by atoms with E-state index in [1.807, 2.05) is 0 Å². The molecule has 2 rings (SSSR count). The molecular formula is C8H6N2O3. The lowest BCUT2D eigenvalue weighted by Gasteiger charge is -1.95. The molecule has 13 heavy (non-hydrogen) atoms. The molecule has 0 amide bonds. The summed E-state index contributed by atoms with van der Waals surface area (Å²) in [5.74, 6) is 0.244. The molecule has 0 aliphatic heterocycles. The topological polar surface area (TPSA) is 63.8 Å². The summed E-state index contributed by atoms with van der Waals surface area (Å²) < 4.78 is 6.04. The smallest absolute Gasteiger partial charge is 0.449 e. The maximum atomic E-state index is 10.3. The summed E-state index contributed by atoms with van der Waals surface area (Å²) >= 11 is 0. The summed E-state index contributed by atoms with van der Waals surface area (Å²) in [5.41, 5.74) is 0.630. The molecular weight excluding hydrogens is 172 g/mol. The number of carboxylic acid groups (broad SMARTS) is 1. The molecule has 0 fully saturated rings. The van der Waals surface area contributed by atoms with E-state index >= 15 is 0 Å². The zero-order valence-electron chi connectivity index (χ0n) is 6.54. The van der Waals surface area contributed by atoms with Crippen LogP contribution in [0.2, 0.25) is 0 Å². The first kappa shape index (κ1) is 7.60. The van der Waals surface area contributed by atoms with Crippen molar-refractivity contribution < 1.29 is 14.6 Å². The quantitative estimate of drug-likeness (QED) is 0.670. The van der Waals surface area contributed by atoms with Crippen LogP contribution in [0.1, 0.15) is 0 Å². The molecule has 2 heterocycles. The van der Waals surface area contributed by atoms with Gasteiger partial charge in [0, 0.05) is 6.20 Å². The predicted octanol–water partition coefficient (Wildman–Crippen LogP) is 1.39. The highest BCUT2D eigenvalue weighted by Crippen LogP contribution is 2.18. The van der Waals surface area contributed by atoms with E-state index in [1.165, 1.54) is 10.7 Å². The number of rotatable bonds is 1. The highest BCUT2D eigenvalue weighted by molar-refractivity contribution is 5.68. The van der Waals surface area contributed by atoms with Crippen molar-refractivity contribution in [1.29, 1.82) is 0 Å². The molecule has 2 aromatic rings. The first-order valence-corrected chi connectivity index (χ1v) is 3.60. The molecule has 2 aromatic heterocycles. The van der Waals surface area contributed by atoms with Gasteiger partial charge in [0.15, 0.2) is 5.75 Å². The molecule has 5 nitrogen and oxygen atoms in total. The first-order chi connectivity index (χ1) is 6.27. The Kier molecular flexibility index (Phi) is 1.63. The Bertz CT molecular complexity index is 449. The number of nitrogens with zero attached hydrogens (tertiary/aromatic N) is 2. The number of fused-ring (bicyclic) bond motifs is 1. The molecule has 0 spiro atoms. The van der Waals surface area contributed by atoms with Gasteiger partial charge in [-0.25, -0.2) is 9.31 Å². The summed E-state index contributed by atoms with van der Waals surface area (Å²) in [6.07, 6.45) is 1.74. The van der Waals surface area contributed by atoms with Crippen LogP contribution in [-0.4, -0.2) is 20.9 Å². The van der Waals surface area contributed by atoms with Crippen LogP contribution >= 0.6 is 0 Å².